The molecule has 0 spiro atoms. The number of phosphoric ester groups is 1. The first-order chi connectivity index (χ1) is 26.6. The molecular formula is C39H56FN6O8P. The fraction of sp³-hybridized carbons (Fsp3) is 0.641. The van der Waals surface area contributed by atoms with Gasteiger partial charge in [-0.25, -0.2) is 18.5 Å². The van der Waals surface area contributed by atoms with Crippen LogP contribution in [0, 0.1) is 28.5 Å². The Morgan fingerprint density at radius 2 is 1.69 bits per heavy atom. The Balaban J connectivity index is 1.21. The highest BCUT2D eigenvalue weighted by molar-refractivity contribution is 7.47. The molecule has 3 heterocycles. The summed E-state index contributed by atoms with van der Waals surface area (Å²) in [5, 5.41) is 34.4. The van der Waals surface area contributed by atoms with Crippen LogP contribution < -0.4 is 5.73 Å². The van der Waals surface area contributed by atoms with E-state index in [1.807, 2.05) is 6.07 Å². The van der Waals surface area contributed by atoms with Gasteiger partial charge in [0.15, 0.2) is 5.82 Å². The van der Waals surface area contributed by atoms with Crippen LogP contribution in [0.4, 0.5) is 10.2 Å². The van der Waals surface area contributed by atoms with Gasteiger partial charge >= 0.3 is 7.82 Å². The van der Waals surface area contributed by atoms with Crippen molar-refractivity contribution in [2.75, 3.05) is 32.2 Å². The van der Waals surface area contributed by atoms with Crippen molar-refractivity contribution >= 4 is 19.2 Å². The zero-order chi connectivity index (χ0) is 39.5. The highest BCUT2D eigenvalue weighted by Crippen LogP contribution is 2.46. The fourth-order valence-electron chi connectivity index (χ4n) is 6.64. The number of ether oxygens (including phenoxy) is 3. The van der Waals surface area contributed by atoms with Crippen molar-refractivity contribution in [2.24, 2.45) is 0 Å². The van der Waals surface area contributed by atoms with Crippen LogP contribution in [0.25, 0.3) is 5.52 Å². The van der Waals surface area contributed by atoms with Crippen molar-refractivity contribution in [2.45, 2.75) is 134 Å². The fourth-order valence-corrected chi connectivity index (χ4v) is 7.43. The van der Waals surface area contributed by atoms with Crippen molar-refractivity contribution in [1.29, 1.82) is 10.5 Å². The van der Waals surface area contributed by atoms with E-state index in [0.717, 1.165) is 19.3 Å². The average molecular weight is 787 g/mol. The van der Waals surface area contributed by atoms with E-state index >= 15 is 0 Å². The van der Waals surface area contributed by atoms with E-state index in [2.05, 4.69) is 17.0 Å². The minimum atomic E-state index is -4.68. The number of nitrogens with zero attached hydrogens (tertiary/aromatic N) is 5. The molecule has 1 aliphatic rings. The van der Waals surface area contributed by atoms with Crippen LogP contribution in [0.3, 0.4) is 0 Å². The molecule has 5 atom stereocenters. The van der Waals surface area contributed by atoms with Gasteiger partial charge in [0, 0.05) is 13.0 Å². The van der Waals surface area contributed by atoms with Gasteiger partial charge in [-0.05, 0) is 36.2 Å². The quantitative estimate of drug-likeness (QED) is 0.0509. The minimum Gasteiger partial charge on any atom is -0.388 e. The van der Waals surface area contributed by atoms with Crippen LogP contribution in [-0.4, -0.2) is 69.3 Å². The van der Waals surface area contributed by atoms with Gasteiger partial charge in [-0.2, -0.15) is 15.6 Å². The first kappa shape index (κ1) is 44.2. The Kier molecular flexibility index (Phi) is 18.4. The number of anilines is 1. The molecule has 1 fully saturated rings. The number of benzene rings is 1. The number of hydrogen-bond acceptors (Lipinski definition) is 12. The third kappa shape index (κ3) is 13.6. The van der Waals surface area contributed by atoms with Crippen LogP contribution >= 0.6 is 7.82 Å². The Morgan fingerprint density at radius 1 is 1.02 bits per heavy atom. The van der Waals surface area contributed by atoms with Crippen molar-refractivity contribution < 1.29 is 42.2 Å². The molecular weight excluding hydrogens is 730 g/mol. The second-order valence-electron chi connectivity index (χ2n) is 14.1. The number of nitriles is 2. The molecule has 0 saturated carbocycles. The molecule has 55 heavy (non-hydrogen) atoms. The molecule has 0 aliphatic carbocycles. The summed E-state index contributed by atoms with van der Waals surface area (Å²) >= 11 is 0. The van der Waals surface area contributed by atoms with Gasteiger partial charge in [0.25, 0.3) is 0 Å². The number of nitrogen functional groups attached to an aromatic ring is 1. The molecule has 4 N–H and O–H groups in total. The maximum absolute atomic E-state index is 13.9. The molecule has 3 aromatic rings. The molecule has 4 rings (SSSR count). The third-order valence-corrected chi connectivity index (χ3v) is 10.7. The first-order valence-electron chi connectivity index (χ1n) is 19.5. The first-order valence-corrected chi connectivity index (χ1v) is 21.0. The molecule has 1 aromatic carbocycles. The van der Waals surface area contributed by atoms with Crippen LogP contribution in [0.5, 0.6) is 0 Å². The third-order valence-electron chi connectivity index (χ3n) is 9.77. The lowest BCUT2D eigenvalue weighted by molar-refractivity contribution is -0.0674. The number of rotatable bonds is 27. The largest absolute Gasteiger partial charge is 0.472 e. The number of fused-ring (bicyclic) bond motifs is 1. The maximum Gasteiger partial charge on any atom is 0.472 e. The number of aromatic nitrogens is 3. The van der Waals surface area contributed by atoms with E-state index in [9.17, 15) is 29.5 Å². The molecule has 2 aromatic heterocycles. The summed E-state index contributed by atoms with van der Waals surface area (Å²) in [4.78, 5) is 14.5. The predicted octanol–water partition coefficient (Wildman–Crippen LogP) is 7.41. The summed E-state index contributed by atoms with van der Waals surface area (Å²) < 4.78 is 56.4. The monoisotopic (exact) mass is 786 g/mol. The Morgan fingerprint density at radius 3 is 2.35 bits per heavy atom. The average Bonchev–Trinajstić information content (AvgIpc) is 3.77. The summed E-state index contributed by atoms with van der Waals surface area (Å²) in [5.41, 5.74) is 5.11. The number of nitrogens with two attached hydrogens (primary N) is 1. The summed E-state index contributed by atoms with van der Waals surface area (Å²) in [6.07, 6.45) is 15.5. The van der Waals surface area contributed by atoms with Gasteiger partial charge in [0.05, 0.1) is 43.8 Å². The highest BCUT2D eigenvalue weighted by atomic mass is 31.2. The Labute approximate surface area is 323 Å². The molecule has 1 unspecified atom stereocenters. The molecule has 1 saturated heterocycles. The molecule has 0 bridgehead atoms. The lowest BCUT2D eigenvalue weighted by atomic mass is 9.94. The van der Waals surface area contributed by atoms with E-state index in [-0.39, 0.29) is 43.3 Å². The summed E-state index contributed by atoms with van der Waals surface area (Å²) in [7, 11) is -4.68. The van der Waals surface area contributed by atoms with Gasteiger partial charge in [-0.3, -0.25) is 9.05 Å². The lowest BCUT2D eigenvalue weighted by Crippen LogP contribution is -2.36. The second-order valence-corrected chi connectivity index (χ2v) is 15.5. The molecule has 302 valence electrons. The van der Waals surface area contributed by atoms with Gasteiger partial charge in [0.1, 0.15) is 42.0 Å². The maximum atomic E-state index is 13.9. The van der Waals surface area contributed by atoms with Crippen LogP contribution in [0.15, 0.2) is 36.7 Å². The number of aliphatic hydroxyl groups excluding tert-OH is 1. The molecule has 14 nitrogen and oxygen atoms in total. The SMILES string of the molecule is CCCCCCCCCCCCCCCCOC[C@H](COP(=O)(O)OC[C@@H]1C[C@@H](O)[C@](C#N)(c2ccc3c(N)ncnn23)O1)OCc1ccc(F)c(C#N)c1. The van der Waals surface area contributed by atoms with Crippen molar-refractivity contribution in [3.63, 3.8) is 0 Å². The second kappa shape index (κ2) is 22.9. The number of hydrogen-bond donors (Lipinski definition) is 3. The summed E-state index contributed by atoms with van der Waals surface area (Å²) in [6.45, 7) is 1.88. The van der Waals surface area contributed by atoms with E-state index < -0.39 is 44.2 Å². The molecule has 0 radical (unpaired) electrons. The number of halogens is 1. The van der Waals surface area contributed by atoms with Crippen LogP contribution in [-0.2, 0) is 40.0 Å². The van der Waals surface area contributed by atoms with E-state index in [4.69, 9.17) is 29.0 Å². The van der Waals surface area contributed by atoms with Crippen molar-refractivity contribution in [1.82, 2.24) is 14.6 Å². The molecule has 16 heteroatoms. The van der Waals surface area contributed by atoms with E-state index in [0.29, 0.717) is 17.7 Å². The standard InChI is InChI=1S/C39H56FN6O8P/c1-2-3-4-5-6-7-8-9-10-11-12-13-14-15-20-50-25-33(51-24-30-16-17-34(40)31(21-30)23-41)27-53-55(48,49)52-26-32-22-37(47)39(28-42,54-32)36-19-18-35-38(43)44-29-45-46(35)36/h16-19,21,29,32-33,37,47H,2-15,20,22,24-27H2,1H3,(H,48,49)(H2,43,44,45)/t32-,33+,37+,39-/m0/s1. The normalized spacial score (nSPS) is 20.0. The van der Waals surface area contributed by atoms with E-state index in [1.54, 1.807) is 18.2 Å². The van der Waals surface area contributed by atoms with Crippen molar-refractivity contribution in [3.8, 4) is 12.1 Å². The van der Waals surface area contributed by atoms with Gasteiger partial charge < -0.3 is 29.9 Å². The zero-order valence-corrected chi connectivity index (χ0v) is 32.7. The number of unbranched alkanes of at least 4 members (excludes halogenated alkanes) is 13. The summed E-state index contributed by atoms with van der Waals surface area (Å²) in [5.74, 6) is -0.473. The topological polar surface area (TPSA) is 207 Å². The van der Waals surface area contributed by atoms with E-state index in [1.165, 1.54) is 99.7 Å². The predicted molar refractivity (Wildman–Crippen MR) is 203 cm³/mol. The molecule has 0 amide bonds. The Hall–Kier alpha value is -3.50. The highest BCUT2D eigenvalue weighted by Gasteiger charge is 2.52. The summed E-state index contributed by atoms with van der Waals surface area (Å²) in [6, 6.07) is 11.0. The Bertz CT molecular complexity index is 1750. The van der Waals surface area contributed by atoms with Gasteiger partial charge in [-0.15, -0.1) is 0 Å². The van der Waals surface area contributed by atoms with Crippen molar-refractivity contribution in [3.05, 3.63) is 59.3 Å². The minimum absolute atomic E-state index is 0.0309. The zero-order valence-electron chi connectivity index (χ0n) is 31.8. The van der Waals surface area contributed by atoms with Gasteiger partial charge in [-0.1, -0.05) is 96.5 Å². The lowest BCUT2D eigenvalue weighted by Gasteiger charge is -2.24. The van der Waals surface area contributed by atoms with Crippen LogP contribution in [0.2, 0.25) is 0 Å². The van der Waals surface area contributed by atoms with Crippen LogP contribution in [0.1, 0.15) is 120 Å². The smallest absolute Gasteiger partial charge is 0.388 e. The number of aliphatic hydroxyl groups is 1. The molecule has 1 aliphatic heterocycles. The number of phosphoric acid groups is 1. The van der Waals surface area contributed by atoms with Gasteiger partial charge in [0.2, 0.25) is 5.60 Å².